The molecule has 2 nitrogen and oxygen atoms in total. The molecule has 0 radical (unpaired) electrons. The Hall–Kier alpha value is -0.640. The van der Waals surface area contributed by atoms with Crippen molar-refractivity contribution in [1.29, 1.82) is 0 Å². The summed E-state index contributed by atoms with van der Waals surface area (Å²) in [5.41, 5.74) is 12.6. The van der Waals surface area contributed by atoms with Crippen molar-refractivity contribution in [2.24, 2.45) is 11.5 Å². The molecule has 0 saturated heterocycles. The third kappa shape index (κ3) is 3.25. The molecule has 14 heavy (non-hydrogen) atoms. The van der Waals surface area contributed by atoms with Crippen LogP contribution in [0.1, 0.15) is 23.6 Å². The summed E-state index contributed by atoms with van der Waals surface area (Å²) in [5.74, 6) is -0.204. The molecule has 0 spiro atoms. The van der Waals surface area contributed by atoms with Crippen molar-refractivity contribution in [2.75, 3.05) is 6.54 Å². The zero-order valence-electron chi connectivity index (χ0n) is 8.16. The van der Waals surface area contributed by atoms with Gasteiger partial charge >= 0.3 is 0 Å². The lowest BCUT2D eigenvalue weighted by Gasteiger charge is -2.10. The predicted octanol–water partition coefficient (Wildman–Crippen LogP) is 1.90. The fourth-order valence-corrected chi connectivity index (χ4v) is 1.19. The monoisotopic (exact) mass is 218 g/mol. The van der Waals surface area contributed by atoms with E-state index in [-0.39, 0.29) is 24.3 Å². The Morgan fingerprint density at radius 2 is 2.07 bits per heavy atom. The van der Waals surface area contributed by atoms with Gasteiger partial charge in [-0.1, -0.05) is 12.1 Å². The van der Waals surface area contributed by atoms with Crippen molar-refractivity contribution < 1.29 is 4.39 Å². The van der Waals surface area contributed by atoms with Crippen LogP contribution in [-0.2, 0) is 0 Å². The van der Waals surface area contributed by atoms with E-state index in [1.807, 2.05) is 6.07 Å². The summed E-state index contributed by atoms with van der Waals surface area (Å²) in [4.78, 5) is 0. The van der Waals surface area contributed by atoms with Crippen LogP contribution < -0.4 is 11.5 Å². The molecule has 0 bridgehead atoms. The standard InChI is InChI=1S/C10H15FN2.ClH/c1-7-2-3-8(6-9(7)11)10(13)4-5-12;/h2-3,6,10H,4-5,12-13H2,1H3;1H/t10-;/m0./s1. The van der Waals surface area contributed by atoms with Crippen LogP contribution >= 0.6 is 12.4 Å². The molecule has 1 atom stereocenters. The van der Waals surface area contributed by atoms with E-state index in [4.69, 9.17) is 11.5 Å². The zero-order valence-corrected chi connectivity index (χ0v) is 8.98. The van der Waals surface area contributed by atoms with Crippen LogP contribution in [0.3, 0.4) is 0 Å². The number of hydrogen-bond donors (Lipinski definition) is 2. The van der Waals surface area contributed by atoms with E-state index in [9.17, 15) is 4.39 Å². The van der Waals surface area contributed by atoms with E-state index < -0.39 is 0 Å². The van der Waals surface area contributed by atoms with Crippen LogP contribution in [0.5, 0.6) is 0 Å². The van der Waals surface area contributed by atoms with Crippen molar-refractivity contribution in [3.05, 3.63) is 35.1 Å². The molecule has 0 aromatic heterocycles. The van der Waals surface area contributed by atoms with Crippen molar-refractivity contribution in [1.82, 2.24) is 0 Å². The van der Waals surface area contributed by atoms with E-state index in [0.717, 1.165) is 5.56 Å². The van der Waals surface area contributed by atoms with E-state index >= 15 is 0 Å². The molecular weight excluding hydrogens is 203 g/mol. The number of aryl methyl sites for hydroxylation is 1. The van der Waals surface area contributed by atoms with Crippen LogP contribution in [0.4, 0.5) is 4.39 Å². The van der Waals surface area contributed by atoms with Gasteiger partial charge in [-0.2, -0.15) is 0 Å². The molecule has 80 valence electrons. The molecule has 0 aliphatic heterocycles. The maximum Gasteiger partial charge on any atom is 0.126 e. The third-order valence-corrected chi connectivity index (χ3v) is 2.10. The number of benzene rings is 1. The highest BCUT2D eigenvalue weighted by molar-refractivity contribution is 5.85. The first kappa shape index (κ1) is 13.4. The van der Waals surface area contributed by atoms with E-state index in [2.05, 4.69) is 0 Å². The van der Waals surface area contributed by atoms with Gasteiger partial charge in [0.15, 0.2) is 0 Å². The van der Waals surface area contributed by atoms with Gasteiger partial charge in [-0.3, -0.25) is 0 Å². The second-order valence-electron chi connectivity index (χ2n) is 3.19. The van der Waals surface area contributed by atoms with Gasteiger partial charge in [0, 0.05) is 6.04 Å². The highest BCUT2D eigenvalue weighted by Gasteiger charge is 2.06. The fraction of sp³-hybridized carbons (Fsp3) is 0.400. The SMILES string of the molecule is Cc1ccc([C@@H](N)CCN)cc1F.Cl. The van der Waals surface area contributed by atoms with Gasteiger partial charge in [0.2, 0.25) is 0 Å². The van der Waals surface area contributed by atoms with Gasteiger partial charge in [-0.25, -0.2) is 4.39 Å². The molecule has 0 saturated carbocycles. The summed E-state index contributed by atoms with van der Waals surface area (Å²) < 4.78 is 13.1. The molecule has 0 heterocycles. The summed E-state index contributed by atoms with van der Waals surface area (Å²) in [6.45, 7) is 2.25. The summed E-state index contributed by atoms with van der Waals surface area (Å²) >= 11 is 0. The Labute approximate surface area is 89.9 Å². The van der Waals surface area contributed by atoms with Crippen LogP contribution in [0.25, 0.3) is 0 Å². The molecule has 0 amide bonds. The second-order valence-corrected chi connectivity index (χ2v) is 3.19. The Morgan fingerprint density at radius 3 is 2.57 bits per heavy atom. The number of halogens is 2. The van der Waals surface area contributed by atoms with Crippen molar-refractivity contribution in [3.8, 4) is 0 Å². The van der Waals surface area contributed by atoms with Crippen molar-refractivity contribution in [2.45, 2.75) is 19.4 Å². The molecule has 0 unspecified atom stereocenters. The highest BCUT2D eigenvalue weighted by Crippen LogP contribution is 2.16. The molecule has 1 aromatic carbocycles. The molecule has 0 aliphatic rings. The molecule has 0 aliphatic carbocycles. The Bertz CT molecular complexity index is 291. The van der Waals surface area contributed by atoms with Gasteiger partial charge in [0.1, 0.15) is 5.82 Å². The topological polar surface area (TPSA) is 52.0 Å². The Kier molecular flexibility index (Phi) is 5.69. The van der Waals surface area contributed by atoms with Crippen LogP contribution in [0.15, 0.2) is 18.2 Å². The lowest BCUT2D eigenvalue weighted by Crippen LogP contribution is -2.15. The number of rotatable bonds is 3. The van der Waals surface area contributed by atoms with Crippen molar-refractivity contribution >= 4 is 12.4 Å². The average Bonchev–Trinajstić information content (AvgIpc) is 2.10. The molecular formula is C10H16ClFN2. The first-order valence-electron chi connectivity index (χ1n) is 4.37. The molecule has 1 rings (SSSR count). The number of nitrogens with two attached hydrogens (primary N) is 2. The minimum absolute atomic E-state index is 0. The smallest absolute Gasteiger partial charge is 0.126 e. The predicted molar refractivity (Wildman–Crippen MR) is 59.0 cm³/mol. The summed E-state index contributed by atoms with van der Waals surface area (Å²) in [6.07, 6.45) is 0.683. The average molecular weight is 219 g/mol. The van der Waals surface area contributed by atoms with Gasteiger partial charge in [0.25, 0.3) is 0 Å². The second kappa shape index (κ2) is 5.96. The quantitative estimate of drug-likeness (QED) is 0.814. The first-order chi connectivity index (χ1) is 6.15. The van der Waals surface area contributed by atoms with Crippen LogP contribution in [-0.4, -0.2) is 6.54 Å². The maximum atomic E-state index is 13.1. The Balaban J connectivity index is 0.00000169. The van der Waals surface area contributed by atoms with Gasteiger partial charge < -0.3 is 11.5 Å². The zero-order chi connectivity index (χ0) is 9.84. The van der Waals surface area contributed by atoms with Crippen LogP contribution in [0.2, 0.25) is 0 Å². The van der Waals surface area contributed by atoms with E-state index in [0.29, 0.717) is 18.5 Å². The summed E-state index contributed by atoms with van der Waals surface area (Å²) in [7, 11) is 0. The third-order valence-electron chi connectivity index (χ3n) is 2.10. The highest BCUT2D eigenvalue weighted by atomic mass is 35.5. The normalized spacial score (nSPS) is 12.0. The molecule has 0 fully saturated rings. The minimum atomic E-state index is -0.204. The van der Waals surface area contributed by atoms with Crippen LogP contribution in [0, 0.1) is 12.7 Å². The summed E-state index contributed by atoms with van der Waals surface area (Å²) in [6, 6.07) is 4.91. The molecule has 4 heteroatoms. The summed E-state index contributed by atoms with van der Waals surface area (Å²) in [5, 5.41) is 0. The van der Waals surface area contributed by atoms with E-state index in [1.165, 1.54) is 6.07 Å². The lowest BCUT2D eigenvalue weighted by molar-refractivity contribution is 0.604. The van der Waals surface area contributed by atoms with Gasteiger partial charge in [0.05, 0.1) is 0 Å². The van der Waals surface area contributed by atoms with Crippen molar-refractivity contribution in [3.63, 3.8) is 0 Å². The Morgan fingerprint density at radius 1 is 1.43 bits per heavy atom. The number of hydrogen-bond acceptors (Lipinski definition) is 2. The minimum Gasteiger partial charge on any atom is -0.330 e. The molecule has 4 N–H and O–H groups in total. The molecule has 1 aromatic rings. The van der Waals surface area contributed by atoms with E-state index in [1.54, 1.807) is 13.0 Å². The largest absolute Gasteiger partial charge is 0.330 e. The fourth-order valence-electron chi connectivity index (χ4n) is 1.19. The first-order valence-corrected chi connectivity index (χ1v) is 4.37. The maximum absolute atomic E-state index is 13.1. The van der Waals surface area contributed by atoms with Gasteiger partial charge in [-0.05, 0) is 37.1 Å². The lowest BCUT2D eigenvalue weighted by atomic mass is 10.0. The van der Waals surface area contributed by atoms with Gasteiger partial charge in [-0.15, -0.1) is 12.4 Å².